The van der Waals surface area contributed by atoms with E-state index in [0.717, 1.165) is 22.3 Å². The van der Waals surface area contributed by atoms with Crippen molar-refractivity contribution in [3.63, 3.8) is 0 Å². The summed E-state index contributed by atoms with van der Waals surface area (Å²) in [6, 6.07) is 11.3. The van der Waals surface area contributed by atoms with Gasteiger partial charge in [0, 0.05) is 35.3 Å². The number of hydrogen-bond donors (Lipinski definition) is 0. The highest BCUT2D eigenvalue weighted by atomic mass is 19.1. The molecule has 0 atom stereocenters. The number of rotatable bonds is 2. The van der Waals surface area contributed by atoms with Gasteiger partial charge in [-0.15, -0.1) is 0 Å². The summed E-state index contributed by atoms with van der Waals surface area (Å²) >= 11 is 0. The van der Waals surface area contributed by atoms with E-state index in [1.54, 1.807) is 30.7 Å². The molecule has 22 heavy (non-hydrogen) atoms. The Morgan fingerprint density at radius 1 is 0.864 bits per heavy atom. The zero-order valence-electron chi connectivity index (χ0n) is 11.7. The number of aromatic nitrogens is 3. The molecule has 0 fully saturated rings. The Balaban J connectivity index is 1.86. The summed E-state index contributed by atoms with van der Waals surface area (Å²) in [5.41, 5.74) is 4.01. The standard InChI is InChI=1S/C18H12FN3/c19-9-18-7-6-15(10-22-18)5-4-14-2-1-3-16(8-14)17-11-20-13-21-12-17/h1-3,6-8,10-13H,9H2. The maximum atomic E-state index is 12.4. The molecule has 0 aliphatic heterocycles. The molecule has 0 radical (unpaired) electrons. The predicted molar refractivity (Wildman–Crippen MR) is 82.5 cm³/mol. The third-order valence-electron chi connectivity index (χ3n) is 3.07. The molecule has 0 unspecified atom stereocenters. The molecule has 0 aliphatic rings. The summed E-state index contributed by atoms with van der Waals surface area (Å²) in [6.07, 6.45) is 6.61. The SMILES string of the molecule is FCc1ccc(C#Cc2cccc(-c3cncnc3)c2)cn1. The van der Waals surface area contributed by atoms with E-state index >= 15 is 0 Å². The normalized spacial score (nSPS) is 9.86. The number of nitrogens with zero attached hydrogens (tertiary/aromatic N) is 3. The highest BCUT2D eigenvalue weighted by Gasteiger charge is 1.98. The highest BCUT2D eigenvalue weighted by molar-refractivity contribution is 5.63. The Morgan fingerprint density at radius 3 is 2.41 bits per heavy atom. The molecule has 2 aromatic heterocycles. The number of pyridine rings is 1. The summed E-state index contributed by atoms with van der Waals surface area (Å²) in [5, 5.41) is 0. The lowest BCUT2D eigenvalue weighted by atomic mass is 10.1. The molecule has 3 aromatic rings. The van der Waals surface area contributed by atoms with Crippen molar-refractivity contribution < 1.29 is 4.39 Å². The van der Waals surface area contributed by atoms with Crippen LogP contribution in [0.5, 0.6) is 0 Å². The monoisotopic (exact) mass is 289 g/mol. The van der Waals surface area contributed by atoms with E-state index in [2.05, 4.69) is 26.8 Å². The van der Waals surface area contributed by atoms with Gasteiger partial charge in [0.15, 0.2) is 0 Å². The van der Waals surface area contributed by atoms with Gasteiger partial charge in [-0.25, -0.2) is 14.4 Å². The summed E-state index contributed by atoms with van der Waals surface area (Å²) < 4.78 is 12.4. The molecule has 0 N–H and O–H groups in total. The average Bonchev–Trinajstić information content (AvgIpc) is 2.61. The molecule has 0 saturated carbocycles. The zero-order valence-corrected chi connectivity index (χ0v) is 11.7. The van der Waals surface area contributed by atoms with Gasteiger partial charge < -0.3 is 0 Å². The molecule has 106 valence electrons. The molecule has 1 aromatic carbocycles. The van der Waals surface area contributed by atoms with E-state index in [-0.39, 0.29) is 0 Å². The lowest BCUT2D eigenvalue weighted by Crippen LogP contribution is -1.86. The number of hydrogen-bond acceptors (Lipinski definition) is 3. The topological polar surface area (TPSA) is 38.7 Å². The fourth-order valence-electron chi connectivity index (χ4n) is 1.95. The van der Waals surface area contributed by atoms with Crippen molar-refractivity contribution in [1.29, 1.82) is 0 Å². The Hall–Kier alpha value is -3.06. The van der Waals surface area contributed by atoms with Crippen LogP contribution in [-0.2, 0) is 6.67 Å². The molecule has 0 aliphatic carbocycles. The molecule has 0 amide bonds. The first-order valence-corrected chi connectivity index (χ1v) is 6.73. The Kier molecular flexibility index (Phi) is 4.17. The molecule has 3 rings (SSSR count). The first-order valence-electron chi connectivity index (χ1n) is 6.73. The third-order valence-corrected chi connectivity index (χ3v) is 3.07. The van der Waals surface area contributed by atoms with Crippen LogP contribution in [0.2, 0.25) is 0 Å². The van der Waals surface area contributed by atoms with Crippen molar-refractivity contribution in [2.45, 2.75) is 6.67 Å². The van der Waals surface area contributed by atoms with Crippen LogP contribution in [0.4, 0.5) is 4.39 Å². The van der Waals surface area contributed by atoms with Crippen LogP contribution < -0.4 is 0 Å². The van der Waals surface area contributed by atoms with E-state index in [1.165, 1.54) is 6.33 Å². The van der Waals surface area contributed by atoms with E-state index < -0.39 is 6.67 Å². The maximum absolute atomic E-state index is 12.4. The highest BCUT2D eigenvalue weighted by Crippen LogP contribution is 2.18. The average molecular weight is 289 g/mol. The van der Waals surface area contributed by atoms with Crippen molar-refractivity contribution in [2.75, 3.05) is 0 Å². The van der Waals surface area contributed by atoms with Crippen molar-refractivity contribution in [2.24, 2.45) is 0 Å². The summed E-state index contributed by atoms with van der Waals surface area (Å²) in [7, 11) is 0. The summed E-state index contributed by atoms with van der Waals surface area (Å²) in [4.78, 5) is 12.0. The molecule has 0 saturated heterocycles. The fourth-order valence-corrected chi connectivity index (χ4v) is 1.95. The second kappa shape index (κ2) is 6.59. The number of alkyl halides is 1. The zero-order chi connectivity index (χ0) is 15.2. The van der Waals surface area contributed by atoms with Crippen LogP contribution in [0.3, 0.4) is 0 Å². The van der Waals surface area contributed by atoms with Gasteiger partial charge >= 0.3 is 0 Å². The van der Waals surface area contributed by atoms with E-state index in [0.29, 0.717) is 5.69 Å². The largest absolute Gasteiger partial charge is 0.257 e. The minimum Gasteiger partial charge on any atom is -0.257 e. The van der Waals surface area contributed by atoms with Crippen molar-refractivity contribution in [3.05, 3.63) is 78.1 Å². The van der Waals surface area contributed by atoms with Crippen LogP contribution in [0, 0.1) is 11.8 Å². The Bertz CT molecular complexity index is 818. The maximum Gasteiger partial charge on any atom is 0.131 e. The van der Waals surface area contributed by atoms with Crippen molar-refractivity contribution in [3.8, 4) is 23.0 Å². The van der Waals surface area contributed by atoms with E-state index in [1.807, 2.05) is 24.3 Å². The smallest absolute Gasteiger partial charge is 0.131 e. The quantitative estimate of drug-likeness (QED) is 0.679. The fraction of sp³-hybridized carbons (Fsp3) is 0.0556. The predicted octanol–water partition coefficient (Wildman–Crippen LogP) is 3.41. The van der Waals surface area contributed by atoms with E-state index in [4.69, 9.17) is 0 Å². The van der Waals surface area contributed by atoms with Gasteiger partial charge in [-0.1, -0.05) is 24.0 Å². The van der Waals surface area contributed by atoms with Crippen LogP contribution in [0.25, 0.3) is 11.1 Å². The van der Waals surface area contributed by atoms with Gasteiger partial charge in [0.2, 0.25) is 0 Å². The van der Waals surface area contributed by atoms with Crippen molar-refractivity contribution in [1.82, 2.24) is 15.0 Å². The summed E-state index contributed by atoms with van der Waals surface area (Å²) in [6.45, 7) is -0.561. The molecule has 0 bridgehead atoms. The lowest BCUT2D eigenvalue weighted by Gasteiger charge is -2.00. The minimum atomic E-state index is -0.561. The molecular weight excluding hydrogens is 277 g/mol. The summed E-state index contributed by atoms with van der Waals surface area (Å²) in [5.74, 6) is 6.11. The van der Waals surface area contributed by atoms with Crippen LogP contribution >= 0.6 is 0 Å². The van der Waals surface area contributed by atoms with Crippen LogP contribution in [0.15, 0.2) is 61.3 Å². The second-order valence-corrected chi connectivity index (χ2v) is 4.63. The number of benzene rings is 1. The first-order chi connectivity index (χ1) is 10.8. The molecule has 2 heterocycles. The van der Waals surface area contributed by atoms with Gasteiger partial charge in [-0.2, -0.15) is 0 Å². The second-order valence-electron chi connectivity index (χ2n) is 4.63. The molecule has 3 nitrogen and oxygen atoms in total. The van der Waals surface area contributed by atoms with Gasteiger partial charge in [-0.3, -0.25) is 4.98 Å². The Labute approximate surface area is 127 Å². The third kappa shape index (κ3) is 3.33. The van der Waals surface area contributed by atoms with Gasteiger partial charge in [0.1, 0.15) is 13.0 Å². The van der Waals surface area contributed by atoms with E-state index in [9.17, 15) is 4.39 Å². The minimum absolute atomic E-state index is 0.414. The van der Waals surface area contributed by atoms with Crippen LogP contribution in [0.1, 0.15) is 16.8 Å². The molecule has 4 heteroatoms. The van der Waals surface area contributed by atoms with Gasteiger partial charge in [0.05, 0.1) is 5.69 Å². The first kappa shape index (κ1) is 13.9. The van der Waals surface area contributed by atoms with Crippen molar-refractivity contribution >= 4 is 0 Å². The molecule has 0 spiro atoms. The molecular formula is C18H12FN3. The lowest BCUT2D eigenvalue weighted by molar-refractivity contribution is 0.476. The Morgan fingerprint density at radius 2 is 1.68 bits per heavy atom. The van der Waals surface area contributed by atoms with Crippen LogP contribution in [-0.4, -0.2) is 15.0 Å². The number of halogens is 1. The van der Waals surface area contributed by atoms with Gasteiger partial charge in [0.25, 0.3) is 0 Å². The van der Waals surface area contributed by atoms with Gasteiger partial charge in [-0.05, 0) is 29.8 Å².